The van der Waals surface area contributed by atoms with E-state index in [2.05, 4.69) is 5.32 Å². The molecule has 0 aliphatic heterocycles. The molecule has 8 heteroatoms. The van der Waals surface area contributed by atoms with Crippen molar-refractivity contribution in [3.8, 4) is 0 Å². The van der Waals surface area contributed by atoms with Gasteiger partial charge in [-0.25, -0.2) is 4.79 Å². The molecule has 1 aromatic heterocycles. The van der Waals surface area contributed by atoms with Crippen LogP contribution in [0.1, 0.15) is 15.9 Å². The maximum Gasteiger partial charge on any atom is 0.417 e. The predicted octanol–water partition coefficient (Wildman–Crippen LogP) is 4.72. The fourth-order valence-electron chi connectivity index (χ4n) is 2.32. The van der Waals surface area contributed by atoms with Gasteiger partial charge in [0, 0.05) is 23.2 Å². The van der Waals surface area contributed by atoms with Crippen molar-refractivity contribution in [2.24, 2.45) is 0 Å². The second kappa shape index (κ2) is 6.25. The van der Waals surface area contributed by atoms with Crippen molar-refractivity contribution >= 4 is 34.2 Å². The Morgan fingerprint density at radius 2 is 1.80 bits per heavy atom. The van der Waals surface area contributed by atoms with Crippen molar-refractivity contribution in [3.05, 3.63) is 75.1 Å². The van der Waals surface area contributed by atoms with Crippen LogP contribution in [-0.2, 0) is 6.18 Å². The number of halogens is 4. The van der Waals surface area contributed by atoms with Crippen LogP contribution < -0.4 is 10.9 Å². The first kappa shape index (κ1) is 17.0. The lowest BCUT2D eigenvalue weighted by atomic mass is 10.1. The van der Waals surface area contributed by atoms with Crippen LogP contribution in [0, 0.1) is 0 Å². The molecule has 1 amide bonds. The molecule has 1 N–H and O–H groups in total. The van der Waals surface area contributed by atoms with E-state index < -0.39 is 23.3 Å². The molecule has 0 spiro atoms. The second-order valence-corrected chi connectivity index (χ2v) is 5.53. The van der Waals surface area contributed by atoms with Crippen molar-refractivity contribution in [2.75, 3.05) is 5.32 Å². The summed E-state index contributed by atoms with van der Waals surface area (Å²) in [6.45, 7) is 0. The van der Waals surface area contributed by atoms with Gasteiger partial charge in [0.1, 0.15) is 5.58 Å². The highest BCUT2D eigenvalue weighted by Gasteiger charge is 2.33. The molecule has 0 saturated carbocycles. The van der Waals surface area contributed by atoms with Gasteiger partial charge in [0.25, 0.3) is 5.91 Å². The van der Waals surface area contributed by atoms with E-state index in [0.717, 1.165) is 12.1 Å². The summed E-state index contributed by atoms with van der Waals surface area (Å²) in [5.41, 5.74) is -2.14. The smallest absolute Gasteiger partial charge is 0.417 e. The maximum absolute atomic E-state index is 13.0. The summed E-state index contributed by atoms with van der Waals surface area (Å²) in [5, 5.41) is 2.46. The lowest BCUT2D eigenvalue weighted by Crippen LogP contribution is -2.13. The molecule has 0 atom stereocenters. The zero-order chi connectivity index (χ0) is 18.2. The van der Waals surface area contributed by atoms with Gasteiger partial charge >= 0.3 is 11.8 Å². The minimum atomic E-state index is -4.70. The van der Waals surface area contributed by atoms with Crippen LogP contribution in [0.15, 0.2) is 57.7 Å². The summed E-state index contributed by atoms with van der Waals surface area (Å²) in [5.74, 6) is -0.542. The molecule has 0 saturated heterocycles. The molecule has 3 aromatic rings. The molecule has 0 unspecified atom stereocenters. The van der Waals surface area contributed by atoms with Crippen LogP contribution in [0.4, 0.5) is 18.9 Å². The minimum absolute atomic E-state index is 0.167. The van der Waals surface area contributed by atoms with E-state index in [9.17, 15) is 22.8 Å². The number of benzene rings is 2. The maximum atomic E-state index is 13.0. The summed E-state index contributed by atoms with van der Waals surface area (Å²) in [6, 6.07) is 10.3. The molecule has 0 aliphatic carbocycles. The van der Waals surface area contributed by atoms with Crippen LogP contribution in [0.3, 0.4) is 0 Å². The molecule has 4 nitrogen and oxygen atoms in total. The molecule has 0 fully saturated rings. The first-order valence-corrected chi connectivity index (χ1v) is 7.34. The van der Waals surface area contributed by atoms with E-state index in [4.69, 9.17) is 16.0 Å². The van der Waals surface area contributed by atoms with E-state index in [0.29, 0.717) is 6.07 Å². The van der Waals surface area contributed by atoms with Gasteiger partial charge in [-0.1, -0.05) is 23.7 Å². The van der Waals surface area contributed by atoms with Gasteiger partial charge in [0.05, 0.1) is 16.1 Å². The lowest BCUT2D eigenvalue weighted by molar-refractivity contribution is -0.136. The van der Waals surface area contributed by atoms with Crippen molar-refractivity contribution < 1.29 is 22.4 Å². The van der Waals surface area contributed by atoms with Crippen LogP contribution in [0.2, 0.25) is 5.02 Å². The Bertz CT molecular complexity index is 1030. The number of fused-ring (bicyclic) bond motifs is 1. The monoisotopic (exact) mass is 367 g/mol. The lowest BCUT2D eigenvalue weighted by Gasteiger charge is -2.11. The van der Waals surface area contributed by atoms with Gasteiger partial charge in [-0.2, -0.15) is 13.2 Å². The summed E-state index contributed by atoms with van der Waals surface area (Å²) >= 11 is 5.93. The fourth-order valence-corrected chi connectivity index (χ4v) is 2.54. The van der Waals surface area contributed by atoms with Gasteiger partial charge in [0.2, 0.25) is 0 Å². The van der Waals surface area contributed by atoms with Crippen LogP contribution in [-0.4, -0.2) is 5.91 Å². The van der Waals surface area contributed by atoms with E-state index in [1.54, 1.807) is 12.1 Å². The average molecular weight is 368 g/mol. The zero-order valence-electron chi connectivity index (χ0n) is 12.4. The second-order valence-electron chi connectivity index (χ2n) is 5.12. The number of amides is 1. The normalized spacial score (nSPS) is 11.5. The molecule has 1 heterocycles. The average Bonchev–Trinajstić information content (AvgIpc) is 2.53. The first-order chi connectivity index (χ1) is 11.8. The number of rotatable bonds is 2. The third kappa shape index (κ3) is 3.51. The van der Waals surface area contributed by atoms with E-state index in [1.165, 1.54) is 18.2 Å². The number of alkyl halides is 3. The van der Waals surface area contributed by atoms with Gasteiger partial charge in [-0.05, 0) is 24.3 Å². The summed E-state index contributed by atoms with van der Waals surface area (Å²) in [4.78, 5) is 23.6. The van der Waals surface area contributed by atoms with Crippen molar-refractivity contribution in [1.29, 1.82) is 0 Å². The Hall–Kier alpha value is -2.80. The molecule has 0 radical (unpaired) electrons. The Morgan fingerprint density at radius 1 is 1.08 bits per heavy atom. The fraction of sp³-hybridized carbons (Fsp3) is 0.0588. The largest absolute Gasteiger partial charge is 0.423 e. The topological polar surface area (TPSA) is 59.3 Å². The van der Waals surface area contributed by atoms with Gasteiger partial charge < -0.3 is 9.73 Å². The highest BCUT2D eigenvalue weighted by atomic mass is 35.5. The molecule has 3 rings (SSSR count). The van der Waals surface area contributed by atoms with Crippen LogP contribution in [0.25, 0.3) is 11.0 Å². The number of hydrogen-bond donors (Lipinski definition) is 1. The highest BCUT2D eigenvalue weighted by Crippen LogP contribution is 2.34. The van der Waals surface area contributed by atoms with E-state index in [-0.39, 0.29) is 27.2 Å². The van der Waals surface area contributed by atoms with E-state index >= 15 is 0 Å². The number of hydrogen-bond acceptors (Lipinski definition) is 3. The molecule has 128 valence electrons. The van der Waals surface area contributed by atoms with E-state index in [1.807, 2.05) is 0 Å². The zero-order valence-corrected chi connectivity index (χ0v) is 13.1. The molecule has 0 bridgehead atoms. The molecule has 0 aliphatic rings. The third-order valence-electron chi connectivity index (χ3n) is 3.43. The Kier molecular flexibility index (Phi) is 4.26. The Morgan fingerprint density at radius 3 is 2.48 bits per heavy atom. The number of carbonyl (C=O) groups excluding carboxylic acids is 1. The Labute approximate surface area is 143 Å². The Balaban J connectivity index is 2.01. The van der Waals surface area contributed by atoms with Crippen molar-refractivity contribution in [1.82, 2.24) is 0 Å². The van der Waals surface area contributed by atoms with Crippen LogP contribution >= 0.6 is 11.6 Å². The SMILES string of the molecule is O=C(Nc1ccc2c(C(F)(F)F)cc(=O)oc2c1)c1ccccc1Cl. The summed E-state index contributed by atoms with van der Waals surface area (Å²) in [7, 11) is 0. The molecule has 2 aromatic carbocycles. The van der Waals surface area contributed by atoms with Crippen molar-refractivity contribution in [2.45, 2.75) is 6.18 Å². The first-order valence-electron chi connectivity index (χ1n) is 6.97. The quantitative estimate of drug-likeness (QED) is 0.667. The standard InChI is InChI=1S/C17H9ClF3NO3/c18-13-4-2-1-3-11(13)16(24)22-9-5-6-10-12(17(19,20)21)8-15(23)25-14(10)7-9/h1-8H,(H,22,24). The highest BCUT2D eigenvalue weighted by molar-refractivity contribution is 6.34. The summed E-state index contributed by atoms with van der Waals surface area (Å²) < 4.78 is 43.8. The number of nitrogens with one attached hydrogen (secondary N) is 1. The molecular formula is C17H9ClF3NO3. The van der Waals surface area contributed by atoms with Gasteiger partial charge in [-0.3, -0.25) is 4.79 Å². The summed E-state index contributed by atoms with van der Waals surface area (Å²) in [6.07, 6.45) is -4.70. The molecular weight excluding hydrogens is 359 g/mol. The van der Waals surface area contributed by atoms with Crippen LogP contribution in [0.5, 0.6) is 0 Å². The third-order valence-corrected chi connectivity index (χ3v) is 3.76. The van der Waals surface area contributed by atoms with Gasteiger partial charge in [-0.15, -0.1) is 0 Å². The minimum Gasteiger partial charge on any atom is -0.423 e. The molecule has 25 heavy (non-hydrogen) atoms. The van der Waals surface area contributed by atoms with Gasteiger partial charge in [0.15, 0.2) is 0 Å². The number of carbonyl (C=O) groups is 1. The van der Waals surface area contributed by atoms with Crippen molar-refractivity contribution in [3.63, 3.8) is 0 Å². The predicted molar refractivity (Wildman–Crippen MR) is 86.9 cm³/mol. The number of anilines is 1.